The highest BCUT2D eigenvalue weighted by Gasteiger charge is 2.57. The van der Waals surface area contributed by atoms with E-state index in [1.165, 1.54) is 159 Å². The van der Waals surface area contributed by atoms with Gasteiger partial charge in [0.1, 0.15) is 23.3 Å². The third kappa shape index (κ3) is 28.3. The van der Waals surface area contributed by atoms with Crippen molar-refractivity contribution in [2.24, 2.45) is 16.2 Å². The van der Waals surface area contributed by atoms with E-state index in [4.69, 9.17) is 30.5 Å². The van der Waals surface area contributed by atoms with Gasteiger partial charge in [-0.2, -0.15) is 5.26 Å². The average Bonchev–Trinajstić information content (AvgIpc) is 3.33. The van der Waals surface area contributed by atoms with Crippen molar-refractivity contribution in [3.05, 3.63) is 0 Å². The minimum atomic E-state index is -3.87. The maximum atomic E-state index is 14.7. The SMILES string of the molecule is CCCCCCCCCCCCCCN(CCCCCCCCCCCCCC)C(=O)CCC(C)(C#N)C(C)(CC)CC(C)(C(=O)OCCOP(=O)(OC)OCC[N+](C)(C)C)C(C)(CC)SC(=S)SC. The zero-order valence-electron chi connectivity index (χ0n) is 47.6. The summed E-state index contributed by atoms with van der Waals surface area (Å²) in [5, 5.41) is 11.1. The third-order valence-corrected chi connectivity index (χ3v) is 20.1. The maximum Gasteiger partial charge on any atom is 0.474 e. The Bertz CT molecular complexity index is 1470. The molecule has 0 bridgehead atoms. The Morgan fingerprint density at radius 1 is 0.671 bits per heavy atom. The number of phosphoric ester groups is 1. The summed E-state index contributed by atoms with van der Waals surface area (Å²) in [5.74, 6) is -0.315. The minimum absolute atomic E-state index is 0.127. The second-order valence-corrected chi connectivity index (χ2v) is 27.4. The summed E-state index contributed by atoms with van der Waals surface area (Å²) in [7, 11) is 3.42. The number of hydrogen-bond acceptors (Lipinski definition) is 11. The van der Waals surface area contributed by atoms with Crippen LogP contribution in [-0.4, -0.2) is 103 Å². The van der Waals surface area contributed by atoms with Crippen LogP contribution in [0.4, 0.5) is 0 Å². The van der Waals surface area contributed by atoms with E-state index in [1.807, 2.05) is 41.2 Å². The first-order valence-corrected chi connectivity index (χ1v) is 31.9. The largest absolute Gasteiger partial charge is 0.474 e. The molecule has 0 aromatic heterocycles. The molecule has 0 aliphatic heterocycles. The zero-order valence-corrected chi connectivity index (χ0v) is 51.0. The fraction of sp³-hybridized carbons (Fsp3) is 0.929. The van der Waals surface area contributed by atoms with Crippen LogP contribution in [0.25, 0.3) is 0 Å². The summed E-state index contributed by atoms with van der Waals surface area (Å²) in [5.41, 5.74) is -2.75. The Morgan fingerprint density at radius 3 is 1.47 bits per heavy atom. The molecule has 0 radical (unpaired) electrons. The van der Waals surface area contributed by atoms with Gasteiger partial charge in [-0.25, -0.2) is 4.57 Å². The van der Waals surface area contributed by atoms with Crippen molar-refractivity contribution in [2.75, 3.05) is 74.0 Å². The summed E-state index contributed by atoms with van der Waals surface area (Å²) < 4.78 is 36.1. The fourth-order valence-corrected chi connectivity index (χ4v) is 12.7. The number of unbranched alkanes of at least 4 members (excludes halogenated alkanes) is 22. The van der Waals surface area contributed by atoms with Crippen molar-refractivity contribution >= 4 is 59.0 Å². The lowest BCUT2D eigenvalue weighted by Crippen LogP contribution is -2.53. The van der Waals surface area contributed by atoms with Gasteiger partial charge in [-0.05, 0) is 71.0 Å². The number of carbonyl (C=O) groups excluding carboxylic acids is 2. The van der Waals surface area contributed by atoms with Gasteiger partial charge >= 0.3 is 13.8 Å². The van der Waals surface area contributed by atoms with Crippen molar-refractivity contribution in [3.63, 3.8) is 0 Å². The summed E-state index contributed by atoms with van der Waals surface area (Å²) in [6.07, 6.45) is 34.8. The Balaban J connectivity index is 6.10. The summed E-state index contributed by atoms with van der Waals surface area (Å²) in [6, 6.07) is 2.70. The lowest BCUT2D eigenvalue weighted by molar-refractivity contribution is -0.870. The molecule has 0 saturated carbocycles. The van der Waals surface area contributed by atoms with Gasteiger partial charge in [0.05, 0.1) is 44.6 Å². The highest BCUT2D eigenvalue weighted by molar-refractivity contribution is 8.47. The number of quaternary nitrogens is 1. The topological polar surface area (TPSA) is 115 Å². The Morgan fingerprint density at radius 2 is 1.10 bits per heavy atom. The van der Waals surface area contributed by atoms with Crippen LogP contribution in [0, 0.1) is 27.6 Å². The van der Waals surface area contributed by atoms with Crippen LogP contribution in [0.3, 0.4) is 0 Å². The van der Waals surface area contributed by atoms with Gasteiger partial charge in [0.25, 0.3) is 0 Å². The molecule has 0 aromatic carbocycles. The Kier molecular flexibility index (Phi) is 38.4. The smallest absolute Gasteiger partial charge is 0.463 e. The monoisotopic (exact) mass is 1060 g/mol. The highest BCUT2D eigenvalue weighted by atomic mass is 32.2. The summed E-state index contributed by atoms with van der Waals surface area (Å²) in [6.45, 7) is 18.7. The molecule has 14 heteroatoms. The van der Waals surface area contributed by atoms with E-state index >= 15 is 0 Å². The van der Waals surface area contributed by atoms with E-state index < -0.39 is 34.8 Å². The maximum absolute atomic E-state index is 14.7. The molecule has 0 aromatic rings. The predicted octanol–water partition coefficient (Wildman–Crippen LogP) is 16.9. The molecular formula is C56H109N3O7PS3+. The van der Waals surface area contributed by atoms with E-state index in [0.717, 1.165) is 38.8 Å². The average molecular weight is 1060 g/mol. The quantitative estimate of drug-likeness (QED) is 0.0191. The molecule has 10 nitrogen and oxygen atoms in total. The second-order valence-electron chi connectivity index (χ2n) is 22.1. The van der Waals surface area contributed by atoms with Crippen LogP contribution in [0.2, 0.25) is 0 Å². The number of nitriles is 1. The summed E-state index contributed by atoms with van der Waals surface area (Å²) in [4.78, 5) is 31.1. The van der Waals surface area contributed by atoms with Gasteiger partial charge in [-0.1, -0.05) is 188 Å². The first-order chi connectivity index (χ1) is 33.1. The number of thioether (sulfide) groups is 2. The van der Waals surface area contributed by atoms with E-state index in [0.29, 0.717) is 40.2 Å². The molecule has 0 N–H and O–H groups in total. The lowest BCUT2D eigenvalue weighted by Gasteiger charge is -2.51. The Labute approximate surface area is 446 Å². The van der Waals surface area contributed by atoms with Crippen molar-refractivity contribution in [1.29, 1.82) is 5.26 Å². The normalized spacial score (nSPS) is 16.3. The molecule has 5 atom stereocenters. The molecule has 1 amide bonds. The number of likely N-dealkylation sites (N-methyl/N-ethyl adjacent to an activating group) is 1. The van der Waals surface area contributed by atoms with Gasteiger partial charge in [0.15, 0.2) is 0 Å². The molecule has 5 unspecified atom stereocenters. The van der Waals surface area contributed by atoms with Crippen LogP contribution < -0.4 is 0 Å². The van der Waals surface area contributed by atoms with Crippen molar-refractivity contribution < 1.29 is 36.9 Å². The molecule has 0 saturated heterocycles. The predicted molar refractivity (Wildman–Crippen MR) is 306 cm³/mol. The minimum Gasteiger partial charge on any atom is -0.463 e. The fourth-order valence-electron chi connectivity index (χ4n) is 9.43. The molecular weight excluding hydrogens is 954 g/mol. The van der Waals surface area contributed by atoms with Crippen LogP contribution in [-0.2, 0) is 32.5 Å². The molecule has 0 aliphatic rings. The van der Waals surface area contributed by atoms with Crippen molar-refractivity contribution in [3.8, 4) is 6.07 Å². The van der Waals surface area contributed by atoms with Crippen LogP contribution in [0.15, 0.2) is 0 Å². The standard InChI is InChI=1S/C56H109N3O7PS3/c1-14-18-20-22-24-26-28-30-32-34-36-38-42-58(43-39-37-35-33-31-29-27-25-23-21-19-15-2)50(60)40-41-54(6,49-57)53(5,16-3)48-55(7,56(8,17-4)70-52(68)69-13)51(61)64-46-47-66-67(62,63-12)65-45-44-59(9,10)11/h14-48H2,1-13H3/q+1. The molecule has 412 valence electrons. The first-order valence-electron chi connectivity index (χ1n) is 28.0. The molecule has 0 rings (SSSR count). The van der Waals surface area contributed by atoms with Gasteiger partial charge in [-0.3, -0.25) is 23.2 Å². The lowest BCUT2D eigenvalue weighted by atomic mass is 9.54. The molecule has 0 aliphatic carbocycles. The molecule has 0 fully saturated rings. The number of rotatable bonds is 46. The molecule has 70 heavy (non-hydrogen) atoms. The third-order valence-electron chi connectivity index (χ3n) is 15.4. The van der Waals surface area contributed by atoms with E-state index in [1.54, 1.807) is 0 Å². The van der Waals surface area contributed by atoms with Gasteiger partial charge in [0.2, 0.25) is 5.91 Å². The van der Waals surface area contributed by atoms with Crippen molar-refractivity contribution in [2.45, 2.75) is 246 Å². The Hall–Kier alpha value is -0.710. The number of phosphoric acid groups is 1. The van der Waals surface area contributed by atoms with Gasteiger partial charge in [-0.15, -0.1) is 23.5 Å². The number of amides is 1. The van der Waals surface area contributed by atoms with Crippen molar-refractivity contribution in [1.82, 2.24) is 4.90 Å². The van der Waals surface area contributed by atoms with E-state index in [-0.39, 0.29) is 32.1 Å². The highest BCUT2D eigenvalue weighted by Crippen LogP contribution is 2.58. The molecule has 0 heterocycles. The van der Waals surface area contributed by atoms with Gasteiger partial charge < -0.3 is 14.1 Å². The van der Waals surface area contributed by atoms with Gasteiger partial charge in [0, 0.05) is 31.4 Å². The zero-order chi connectivity index (χ0) is 53.0. The summed E-state index contributed by atoms with van der Waals surface area (Å²) >= 11 is 8.74. The van der Waals surface area contributed by atoms with E-state index in [9.17, 15) is 19.4 Å². The number of esters is 1. The first kappa shape index (κ1) is 69.3. The van der Waals surface area contributed by atoms with Crippen LogP contribution in [0.1, 0.15) is 242 Å². The number of thiocarbonyl (C=S) groups is 1. The number of nitrogens with zero attached hydrogens (tertiary/aromatic N) is 3. The van der Waals surface area contributed by atoms with Crippen LogP contribution >= 0.6 is 43.6 Å². The second kappa shape index (κ2) is 38.8. The number of ether oxygens (including phenoxy) is 1. The number of hydrogen-bond donors (Lipinski definition) is 0. The van der Waals surface area contributed by atoms with E-state index in [2.05, 4.69) is 52.5 Å². The van der Waals surface area contributed by atoms with Crippen LogP contribution in [0.5, 0.6) is 0 Å². The number of carbonyl (C=O) groups is 2. The molecule has 0 spiro atoms.